The average molecular weight is 372 g/mol. The third-order valence-electron chi connectivity index (χ3n) is 5.37. The summed E-state index contributed by atoms with van der Waals surface area (Å²) >= 11 is 0. The Bertz CT molecular complexity index is 774. The number of ether oxygens (including phenoxy) is 3. The topological polar surface area (TPSA) is 65.8 Å². The van der Waals surface area contributed by atoms with Crippen molar-refractivity contribution in [3.8, 4) is 17.2 Å². The van der Waals surface area contributed by atoms with Crippen LogP contribution in [0.5, 0.6) is 17.2 Å². The van der Waals surface area contributed by atoms with E-state index in [1.807, 2.05) is 25.1 Å². The normalized spacial score (nSPS) is 21.0. The van der Waals surface area contributed by atoms with E-state index in [1.165, 1.54) is 19.3 Å². The van der Waals surface area contributed by atoms with E-state index in [0.717, 1.165) is 53.7 Å². The van der Waals surface area contributed by atoms with Crippen molar-refractivity contribution in [1.82, 2.24) is 10.5 Å². The van der Waals surface area contributed by atoms with Crippen molar-refractivity contribution in [2.75, 3.05) is 13.4 Å². The van der Waals surface area contributed by atoms with Crippen LogP contribution in [-0.2, 0) is 13.0 Å². The molecule has 0 saturated heterocycles. The highest BCUT2D eigenvalue weighted by Gasteiger charge is 2.28. The van der Waals surface area contributed by atoms with Gasteiger partial charge in [-0.3, -0.25) is 0 Å². The Kier molecular flexibility index (Phi) is 5.53. The molecule has 2 aromatic rings. The lowest BCUT2D eigenvalue weighted by atomic mass is 9.97. The van der Waals surface area contributed by atoms with Crippen LogP contribution in [-0.4, -0.2) is 24.6 Å². The van der Waals surface area contributed by atoms with Gasteiger partial charge in [0.1, 0.15) is 11.5 Å². The van der Waals surface area contributed by atoms with Crippen molar-refractivity contribution in [2.24, 2.45) is 5.92 Å². The zero-order valence-electron chi connectivity index (χ0n) is 16.1. The summed E-state index contributed by atoms with van der Waals surface area (Å²) in [5.41, 5.74) is 2.07. The second-order valence-electron chi connectivity index (χ2n) is 7.48. The van der Waals surface area contributed by atoms with Gasteiger partial charge in [0, 0.05) is 36.7 Å². The monoisotopic (exact) mass is 372 g/mol. The molecule has 2 atom stereocenters. The maximum absolute atomic E-state index is 5.95. The van der Waals surface area contributed by atoms with Crippen molar-refractivity contribution >= 4 is 0 Å². The molecule has 0 bridgehead atoms. The zero-order valence-corrected chi connectivity index (χ0v) is 16.1. The predicted molar refractivity (Wildman–Crippen MR) is 101 cm³/mol. The van der Waals surface area contributed by atoms with Crippen LogP contribution in [0.4, 0.5) is 0 Å². The Morgan fingerprint density at radius 1 is 1.19 bits per heavy atom. The van der Waals surface area contributed by atoms with Crippen molar-refractivity contribution < 1.29 is 18.7 Å². The summed E-state index contributed by atoms with van der Waals surface area (Å²) in [5, 5.41) is 7.76. The molecule has 1 saturated carbocycles. The lowest BCUT2D eigenvalue weighted by molar-refractivity contribution is 0.173. The SMILES string of the molecule is CCCOc1cc2c(cc1CN[C@@H]1CCC[C@H]1Cc1cc(C)no1)OCO2. The molecule has 1 aromatic heterocycles. The first kappa shape index (κ1) is 18.2. The van der Waals surface area contributed by atoms with E-state index >= 15 is 0 Å². The van der Waals surface area contributed by atoms with Crippen LogP contribution in [0.2, 0.25) is 0 Å². The van der Waals surface area contributed by atoms with Crippen LogP contribution in [0.1, 0.15) is 49.6 Å². The Morgan fingerprint density at radius 2 is 2.04 bits per heavy atom. The van der Waals surface area contributed by atoms with E-state index in [-0.39, 0.29) is 6.79 Å². The smallest absolute Gasteiger partial charge is 0.231 e. The molecule has 6 nitrogen and oxygen atoms in total. The van der Waals surface area contributed by atoms with E-state index in [4.69, 9.17) is 18.7 Å². The van der Waals surface area contributed by atoms with Gasteiger partial charge in [-0.1, -0.05) is 18.5 Å². The van der Waals surface area contributed by atoms with Crippen LogP contribution in [0.15, 0.2) is 22.7 Å². The number of aryl methyl sites for hydroxylation is 1. The van der Waals surface area contributed by atoms with Gasteiger partial charge in [0.15, 0.2) is 11.5 Å². The van der Waals surface area contributed by atoms with Crippen LogP contribution >= 0.6 is 0 Å². The number of aromatic nitrogens is 1. The highest BCUT2D eigenvalue weighted by molar-refractivity contribution is 5.51. The lowest BCUT2D eigenvalue weighted by Crippen LogP contribution is -2.33. The van der Waals surface area contributed by atoms with Crippen LogP contribution in [0.3, 0.4) is 0 Å². The second kappa shape index (κ2) is 8.21. The molecule has 146 valence electrons. The number of rotatable bonds is 8. The van der Waals surface area contributed by atoms with Crippen LogP contribution < -0.4 is 19.5 Å². The summed E-state index contributed by atoms with van der Waals surface area (Å²) < 4.78 is 22.4. The molecular formula is C21H28N2O4. The molecule has 1 N–H and O–H groups in total. The molecule has 1 fully saturated rings. The number of hydrogen-bond acceptors (Lipinski definition) is 6. The number of nitrogens with one attached hydrogen (secondary N) is 1. The number of nitrogens with zero attached hydrogens (tertiary/aromatic N) is 1. The summed E-state index contributed by atoms with van der Waals surface area (Å²) in [4.78, 5) is 0. The second-order valence-corrected chi connectivity index (χ2v) is 7.48. The molecule has 1 aromatic carbocycles. The third kappa shape index (κ3) is 4.21. The molecule has 4 rings (SSSR count). The molecule has 2 heterocycles. The fraction of sp³-hybridized carbons (Fsp3) is 0.571. The third-order valence-corrected chi connectivity index (χ3v) is 5.37. The highest BCUT2D eigenvalue weighted by atomic mass is 16.7. The van der Waals surface area contributed by atoms with Crippen molar-refractivity contribution in [3.05, 3.63) is 35.2 Å². The van der Waals surface area contributed by atoms with Gasteiger partial charge in [-0.2, -0.15) is 0 Å². The molecule has 0 spiro atoms. The van der Waals surface area contributed by atoms with Gasteiger partial charge in [0.2, 0.25) is 6.79 Å². The fourth-order valence-corrected chi connectivity index (χ4v) is 4.01. The van der Waals surface area contributed by atoms with Gasteiger partial charge in [-0.25, -0.2) is 0 Å². The Labute approximate surface area is 160 Å². The number of hydrogen-bond donors (Lipinski definition) is 1. The Balaban J connectivity index is 1.42. The van der Waals surface area contributed by atoms with Gasteiger partial charge in [0.05, 0.1) is 12.3 Å². The van der Waals surface area contributed by atoms with E-state index in [1.54, 1.807) is 0 Å². The van der Waals surface area contributed by atoms with Crippen molar-refractivity contribution in [2.45, 2.75) is 58.5 Å². The van der Waals surface area contributed by atoms with E-state index in [0.29, 0.717) is 18.6 Å². The van der Waals surface area contributed by atoms with Gasteiger partial charge < -0.3 is 24.1 Å². The van der Waals surface area contributed by atoms with Gasteiger partial charge in [-0.15, -0.1) is 0 Å². The predicted octanol–water partition coefficient (Wildman–Crippen LogP) is 4.00. The molecule has 0 radical (unpaired) electrons. The minimum atomic E-state index is 0.279. The maximum atomic E-state index is 5.95. The van der Waals surface area contributed by atoms with E-state index in [9.17, 15) is 0 Å². The maximum Gasteiger partial charge on any atom is 0.231 e. The van der Waals surface area contributed by atoms with Gasteiger partial charge in [0.25, 0.3) is 0 Å². The summed E-state index contributed by atoms with van der Waals surface area (Å²) in [5.74, 6) is 4.02. The summed E-state index contributed by atoms with van der Waals surface area (Å²) in [6.45, 7) is 5.81. The summed E-state index contributed by atoms with van der Waals surface area (Å²) in [7, 11) is 0. The zero-order chi connectivity index (χ0) is 18.6. The van der Waals surface area contributed by atoms with Gasteiger partial charge in [-0.05, 0) is 38.2 Å². The first-order valence-electron chi connectivity index (χ1n) is 9.94. The van der Waals surface area contributed by atoms with E-state index < -0.39 is 0 Å². The quantitative estimate of drug-likeness (QED) is 0.755. The average Bonchev–Trinajstić information content (AvgIpc) is 3.39. The Morgan fingerprint density at radius 3 is 2.81 bits per heavy atom. The van der Waals surface area contributed by atoms with E-state index in [2.05, 4.69) is 17.4 Å². The van der Waals surface area contributed by atoms with Crippen molar-refractivity contribution in [1.29, 1.82) is 0 Å². The number of fused-ring (bicyclic) bond motifs is 1. The molecule has 0 unspecified atom stereocenters. The largest absolute Gasteiger partial charge is 0.493 e. The van der Waals surface area contributed by atoms with Crippen LogP contribution in [0.25, 0.3) is 0 Å². The van der Waals surface area contributed by atoms with Gasteiger partial charge >= 0.3 is 0 Å². The standard InChI is InChI=1S/C21H28N2O4/c1-3-7-24-19-11-21-20(25-13-26-21)10-16(19)12-22-18-6-4-5-15(18)9-17-8-14(2)23-27-17/h8,10-11,15,18,22H,3-7,9,12-13H2,1-2H3/t15-,18+/m0/s1. The molecular weight excluding hydrogens is 344 g/mol. The Hall–Kier alpha value is -2.21. The minimum absolute atomic E-state index is 0.279. The summed E-state index contributed by atoms with van der Waals surface area (Å²) in [6, 6.07) is 6.52. The first-order valence-corrected chi connectivity index (χ1v) is 9.94. The molecule has 6 heteroatoms. The molecule has 1 aliphatic heterocycles. The first-order chi connectivity index (χ1) is 13.2. The number of benzene rings is 1. The minimum Gasteiger partial charge on any atom is -0.493 e. The summed E-state index contributed by atoms with van der Waals surface area (Å²) in [6.07, 6.45) is 5.57. The molecule has 1 aliphatic carbocycles. The lowest BCUT2D eigenvalue weighted by Gasteiger charge is -2.21. The molecule has 2 aliphatic rings. The molecule has 27 heavy (non-hydrogen) atoms. The molecule has 0 amide bonds. The fourth-order valence-electron chi connectivity index (χ4n) is 4.01. The highest BCUT2D eigenvalue weighted by Crippen LogP contribution is 2.38. The van der Waals surface area contributed by atoms with Crippen molar-refractivity contribution in [3.63, 3.8) is 0 Å². The van der Waals surface area contributed by atoms with Crippen LogP contribution in [0, 0.1) is 12.8 Å².